The second-order valence-electron chi connectivity index (χ2n) is 5.45. The first kappa shape index (κ1) is 14.3. The number of piperidine rings is 1. The fourth-order valence-electron chi connectivity index (χ4n) is 2.79. The zero-order valence-electron chi connectivity index (χ0n) is 11.7. The third-order valence-corrected chi connectivity index (χ3v) is 4.95. The molecule has 6 nitrogen and oxygen atoms in total. The van der Waals surface area contributed by atoms with Crippen molar-refractivity contribution in [2.45, 2.75) is 31.1 Å². The van der Waals surface area contributed by atoms with E-state index in [4.69, 9.17) is 10.5 Å². The Morgan fingerprint density at radius 1 is 1.38 bits per heavy atom. The first-order chi connectivity index (χ1) is 10.1. The van der Waals surface area contributed by atoms with Crippen LogP contribution in [0, 0.1) is 0 Å². The van der Waals surface area contributed by atoms with Crippen LogP contribution >= 0.6 is 0 Å². The molecule has 0 aliphatic carbocycles. The summed E-state index contributed by atoms with van der Waals surface area (Å²) in [4.78, 5) is 0. The highest BCUT2D eigenvalue weighted by atomic mass is 32.2. The average Bonchev–Trinajstić information content (AvgIpc) is 2.44. The molecule has 0 spiro atoms. The summed E-state index contributed by atoms with van der Waals surface area (Å²) in [6, 6.07) is 5.68. The lowest BCUT2D eigenvalue weighted by Crippen LogP contribution is -2.38. The zero-order chi connectivity index (χ0) is 14.9. The van der Waals surface area contributed by atoms with E-state index in [2.05, 4.69) is 9.71 Å². The van der Waals surface area contributed by atoms with Gasteiger partial charge in [-0.15, -0.1) is 4.40 Å². The maximum Gasteiger partial charge on any atom is 0.259 e. The van der Waals surface area contributed by atoms with Crippen LogP contribution in [-0.4, -0.2) is 33.4 Å². The molecule has 2 aliphatic heterocycles. The van der Waals surface area contributed by atoms with Crippen LogP contribution in [0.5, 0.6) is 5.75 Å². The SMILES string of the molecule is NC1=NS(=O)(=O)Cc2cccc(OC[C@H]3CCCCN3)c21. The highest BCUT2D eigenvalue weighted by molar-refractivity contribution is 7.89. The van der Waals surface area contributed by atoms with Crippen LogP contribution in [0.15, 0.2) is 22.6 Å². The number of nitrogens with one attached hydrogen (secondary N) is 1. The van der Waals surface area contributed by atoms with Crippen LogP contribution in [0.3, 0.4) is 0 Å². The first-order valence-corrected chi connectivity index (χ1v) is 8.73. The number of nitrogens with zero attached hydrogens (tertiary/aromatic N) is 1. The normalized spacial score (nSPS) is 24.0. The number of nitrogens with two attached hydrogens (primary N) is 1. The molecule has 0 amide bonds. The Kier molecular flexibility index (Phi) is 3.86. The molecular formula is C14H19N3O3S. The summed E-state index contributed by atoms with van der Waals surface area (Å²) in [7, 11) is -3.50. The molecule has 1 saturated heterocycles. The van der Waals surface area contributed by atoms with Crippen molar-refractivity contribution in [3.05, 3.63) is 29.3 Å². The molecule has 0 saturated carbocycles. The summed E-state index contributed by atoms with van der Waals surface area (Å²) in [5.74, 6) is 0.501. The lowest BCUT2D eigenvalue weighted by atomic mass is 10.1. The Bertz CT molecular complexity index is 664. The number of sulfonamides is 1. The van der Waals surface area contributed by atoms with E-state index in [-0.39, 0.29) is 11.6 Å². The van der Waals surface area contributed by atoms with E-state index in [9.17, 15) is 8.42 Å². The molecule has 3 rings (SSSR count). The van der Waals surface area contributed by atoms with Gasteiger partial charge in [0, 0.05) is 6.04 Å². The minimum Gasteiger partial charge on any atom is -0.491 e. The Morgan fingerprint density at radius 2 is 2.24 bits per heavy atom. The minimum atomic E-state index is -3.50. The van der Waals surface area contributed by atoms with Crippen molar-refractivity contribution >= 4 is 15.9 Å². The van der Waals surface area contributed by atoms with Crippen LogP contribution in [-0.2, 0) is 15.8 Å². The highest BCUT2D eigenvalue weighted by Crippen LogP contribution is 2.28. The summed E-state index contributed by atoms with van der Waals surface area (Å²) in [6.45, 7) is 1.57. The fraction of sp³-hybridized carbons (Fsp3) is 0.500. The maximum absolute atomic E-state index is 11.6. The third kappa shape index (κ3) is 3.19. The Hall–Kier alpha value is -1.60. The molecule has 2 heterocycles. The van der Waals surface area contributed by atoms with Crippen LogP contribution in [0.2, 0.25) is 0 Å². The topological polar surface area (TPSA) is 93.8 Å². The molecule has 0 aromatic heterocycles. The van der Waals surface area contributed by atoms with Gasteiger partial charge in [0.2, 0.25) is 0 Å². The van der Waals surface area contributed by atoms with Gasteiger partial charge >= 0.3 is 0 Å². The van der Waals surface area contributed by atoms with E-state index in [0.29, 0.717) is 29.5 Å². The second-order valence-corrected chi connectivity index (χ2v) is 7.09. The van der Waals surface area contributed by atoms with Gasteiger partial charge in [-0.1, -0.05) is 18.6 Å². The summed E-state index contributed by atoms with van der Waals surface area (Å²) < 4.78 is 32.7. The van der Waals surface area contributed by atoms with Crippen LogP contribution in [0.25, 0.3) is 0 Å². The second kappa shape index (κ2) is 5.65. The van der Waals surface area contributed by atoms with E-state index < -0.39 is 10.0 Å². The van der Waals surface area contributed by atoms with Gasteiger partial charge in [-0.2, -0.15) is 0 Å². The molecule has 0 radical (unpaired) electrons. The molecule has 0 unspecified atom stereocenters. The molecule has 114 valence electrons. The average molecular weight is 309 g/mol. The number of amidine groups is 1. The summed E-state index contributed by atoms with van der Waals surface area (Å²) >= 11 is 0. The monoisotopic (exact) mass is 309 g/mol. The van der Waals surface area contributed by atoms with Gasteiger partial charge in [0.15, 0.2) is 0 Å². The van der Waals surface area contributed by atoms with Gasteiger partial charge < -0.3 is 15.8 Å². The summed E-state index contributed by atoms with van der Waals surface area (Å²) in [6.07, 6.45) is 3.50. The predicted molar refractivity (Wildman–Crippen MR) is 80.9 cm³/mol. The molecule has 1 aromatic carbocycles. The molecule has 21 heavy (non-hydrogen) atoms. The van der Waals surface area contributed by atoms with Crippen LogP contribution in [0.1, 0.15) is 30.4 Å². The van der Waals surface area contributed by atoms with Crippen molar-refractivity contribution in [2.75, 3.05) is 13.2 Å². The standard InChI is InChI=1S/C14H19N3O3S/c15-14-13-10(9-21(18,19)17-14)4-3-6-12(13)20-8-11-5-1-2-7-16-11/h3-4,6,11,16H,1-2,5,7-9H2,(H2,15,17)/t11-/m1/s1. The molecule has 1 aromatic rings. The molecule has 3 N–H and O–H groups in total. The molecule has 2 aliphatic rings. The van der Waals surface area contributed by atoms with Gasteiger partial charge in [0.1, 0.15) is 18.2 Å². The van der Waals surface area contributed by atoms with Crippen molar-refractivity contribution in [1.29, 1.82) is 0 Å². The molecule has 0 bridgehead atoms. The van der Waals surface area contributed by atoms with Gasteiger partial charge in [0.05, 0.1) is 11.3 Å². The summed E-state index contributed by atoms with van der Waals surface area (Å²) in [5, 5.41) is 3.41. The van der Waals surface area contributed by atoms with Crippen molar-refractivity contribution in [3.8, 4) is 5.75 Å². The van der Waals surface area contributed by atoms with Crippen LogP contribution < -0.4 is 15.8 Å². The van der Waals surface area contributed by atoms with E-state index in [1.807, 2.05) is 6.07 Å². The predicted octanol–water partition coefficient (Wildman–Crippen LogP) is 0.756. The van der Waals surface area contributed by atoms with Crippen molar-refractivity contribution in [3.63, 3.8) is 0 Å². The van der Waals surface area contributed by atoms with Crippen molar-refractivity contribution in [1.82, 2.24) is 5.32 Å². The third-order valence-electron chi connectivity index (χ3n) is 3.80. The Labute approximate surface area is 124 Å². The lowest BCUT2D eigenvalue weighted by molar-refractivity contribution is 0.238. The Morgan fingerprint density at radius 3 is 3.00 bits per heavy atom. The Balaban J connectivity index is 1.81. The zero-order valence-corrected chi connectivity index (χ0v) is 12.5. The highest BCUT2D eigenvalue weighted by Gasteiger charge is 2.25. The maximum atomic E-state index is 11.6. The van der Waals surface area contributed by atoms with Gasteiger partial charge in [-0.25, -0.2) is 8.42 Å². The number of fused-ring (bicyclic) bond motifs is 1. The molecule has 1 atom stereocenters. The van der Waals surface area contributed by atoms with E-state index in [1.54, 1.807) is 12.1 Å². The van der Waals surface area contributed by atoms with Gasteiger partial charge in [-0.05, 0) is 31.0 Å². The van der Waals surface area contributed by atoms with E-state index in [0.717, 1.165) is 13.0 Å². The van der Waals surface area contributed by atoms with Crippen LogP contribution in [0.4, 0.5) is 0 Å². The van der Waals surface area contributed by atoms with Crippen molar-refractivity contribution in [2.24, 2.45) is 10.1 Å². The fourth-order valence-corrected chi connectivity index (χ4v) is 3.88. The van der Waals surface area contributed by atoms with E-state index >= 15 is 0 Å². The van der Waals surface area contributed by atoms with Gasteiger partial charge in [0.25, 0.3) is 10.0 Å². The largest absolute Gasteiger partial charge is 0.491 e. The number of hydrogen-bond donors (Lipinski definition) is 2. The smallest absolute Gasteiger partial charge is 0.259 e. The summed E-state index contributed by atoms with van der Waals surface area (Å²) in [5.41, 5.74) is 7.07. The lowest BCUT2D eigenvalue weighted by Gasteiger charge is -2.25. The minimum absolute atomic E-state index is 0.0171. The molecule has 7 heteroatoms. The number of ether oxygens (including phenoxy) is 1. The number of benzene rings is 1. The van der Waals surface area contributed by atoms with Crippen molar-refractivity contribution < 1.29 is 13.2 Å². The molecule has 1 fully saturated rings. The quantitative estimate of drug-likeness (QED) is 0.859. The number of hydrogen-bond acceptors (Lipinski definition) is 5. The van der Waals surface area contributed by atoms with Gasteiger partial charge in [-0.3, -0.25) is 0 Å². The van der Waals surface area contributed by atoms with E-state index in [1.165, 1.54) is 12.8 Å². The molecular weight excluding hydrogens is 290 g/mol. The first-order valence-electron chi connectivity index (χ1n) is 7.12. The number of rotatable bonds is 3.